The van der Waals surface area contributed by atoms with Crippen LogP contribution in [0.25, 0.3) is 0 Å². The predicted octanol–water partition coefficient (Wildman–Crippen LogP) is 4.62. The lowest BCUT2D eigenvalue weighted by atomic mass is 10.0. The van der Waals surface area contributed by atoms with E-state index in [1.54, 1.807) is 23.7 Å². The van der Waals surface area contributed by atoms with E-state index in [2.05, 4.69) is 5.32 Å². The molecule has 0 aliphatic rings. The molecule has 0 spiro atoms. The van der Waals surface area contributed by atoms with Crippen LogP contribution in [0.1, 0.15) is 22.1 Å². The zero-order chi connectivity index (χ0) is 16.9. The zero-order valence-electron chi connectivity index (χ0n) is 12.7. The number of hydrogen-bond donors (Lipinski definition) is 1. The van der Waals surface area contributed by atoms with Gasteiger partial charge in [-0.25, -0.2) is 4.39 Å². The van der Waals surface area contributed by atoms with Gasteiger partial charge in [-0.1, -0.05) is 23.7 Å². The Morgan fingerprint density at radius 2 is 2.12 bits per heavy atom. The minimum Gasteiger partial charge on any atom is -0.469 e. The Kier molecular flexibility index (Phi) is 5.33. The highest BCUT2D eigenvalue weighted by atomic mass is 35.5. The summed E-state index contributed by atoms with van der Waals surface area (Å²) in [6.07, 6.45) is 1.51. The maximum absolute atomic E-state index is 13.8. The second-order valence-corrected chi connectivity index (χ2v) is 6.65. The van der Waals surface area contributed by atoms with Gasteiger partial charge in [-0.05, 0) is 35.7 Å². The highest BCUT2D eigenvalue weighted by Gasteiger charge is 2.20. The van der Waals surface area contributed by atoms with Crippen molar-refractivity contribution in [3.8, 4) is 0 Å². The third kappa shape index (κ3) is 3.86. The summed E-state index contributed by atoms with van der Waals surface area (Å²) < 4.78 is 19.3. The van der Waals surface area contributed by atoms with E-state index >= 15 is 0 Å². The second kappa shape index (κ2) is 7.64. The van der Waals surface area contributed by atoms with Crippen molar-refractivity contribution < 1.29 is 13.6 Å². The fourth-order valence-electron chi connectivity index (χ4n) is 2.46. The minimum absolute atomic E-state index is 0.0694. The normalized spacial score (nSPS) is 12.1. The van der Waals surface area contributed by atoms with Gasteiger partial charge in [0.15, 0.2) is 0 Å². The van der Waals surface area contributed by atoms with E-state index in [0.29, 0.717) is 6.54 Å². The van der Waals surface area contributed by atoms with Crippen molar-refractivity contribution in [2.75, 3.05) is 6.54 Å². The van der Waals surface area contributed by atoms with Crippen molar-refractivity contribution in [1.82, 2.24) is 5.32 Å². The molecule has 1 N–H and O–H groups in total. The topological polar surface area (TPSA) is 42.2 Å². The van der Waals surface area contributed by atoms with E-state index in [1.807, 2.05) is 29.6 Å². The van der Waals surface area contributed by atoms with E-state index in [4.69, 9.17) is 16.0 Å². The third-order valence-electron chi connectivity index (χ3n) is 3.68. The molecule has 6 heteroatoms. The lowest BCUT2D eigenvalue weighted by Gasteiger charge is -2.14. The van der Waals surface area contributed by atoms with Gasteiger partial charge in [0.25, 0.3) is 0 Å². The highest BCUT2D eigenvalue weighted by molar-refractivity contribution is 7.10. The Balaban J connectivity index is 1.68. The van der Waals surface area contributed by atoms with Crippen LogP contribution in [0.4, 0.5) is 4.39 Å². The number of thiophene rings is 1. The first-order valence-corrected chi connectivity index (χ1v) is 8.67. The molecular weight excluding hydrogens is 349 g/mol. The average Bonchev–Trinajstić information content (AvgIpc) is 3.25. The van der Waals surface area contributed by atoms with Crippen molar-refractivity contribution in [1.29, 1.82) is 0 Å². The largest absolute Gasteiger partial charge is 0.469 e. The van der Waals surface area contributed by atoms with E-state index < -0.39 is 5.82 Å². The van der Waals surface area contributed by atoms with Gasteiger partial charge in [-0.15, -0.1) is 11.3 Å². The number of nitrogens with one attached hydrogen (secondary N) is 1. The summed E-state index contributed by atoms with van der Waals surface area (Å²) in [4.78, 5) is 13.3. The summed E-state index contributed by atoms with van der Waals surface area (Å²) in [5.41, 5.74) is 0.210. The maximum atomic E-state index is 13.8. The Morgan fingerprint density at radius 3 is 2.79 bits per heavy atom. The van der Waals surface area contributed by atoms with Gasteiger partial charge in [0.1, 0.15) is 11.6 Å². The molecule has 1 amide bonds. The van der Waals surface area contributed by atoms with Gasteiger partial charge in [-0.2, -0.15) is 0 Å². The van der Waals surface area contributed by atoms with Gasteiger partial charge in [0, 0.05) is 22.0 Å². The van der Waals surface area contributed by atoms with Crippen LogP contribution in [0.3, 0.4) is 0 Å². The molecule has 1 aromatic carbocycles. The van der Waals surface area contributed by atoms with Gasteiger partial charge in [0.2, 0.25) is 5.91 Å². The smallest absolute Gasteiger partial charge is 0.224 e. The fourth-order valence-corrected chi connectivity index (χ4v) is 3.53. The van der Waals surface area contributed by atoms with Crippen LogP contribution >= 0.6 is 22.9 Å². The van der Waals surface area contributed by atoms with Crippen LogP contribution in [0, 0.1) is 5.82 Å². The summed E-state index contributed by atoms with van der Waals surface area (Å²) in [6.45, 7) is 0.374. The van der Waals surface area contributed by atoms with E-state index in [-0.39, 0.29) is 28.8 Å². The molecule has 3 aromatic rings. The lowest BCUT2D eigenvalue weighted by molar-refractivity contribution is -0.120. The highest BCUT2D eigenvalue weighted by Crippen LogP contribution is 2.28. The SMILES string of the molecule is O=C(Cc1c(F)cccc1Cl)NCC(c1ccco1)c1cccs1. The maximum Gasteiger partial charge on any atom is 0.224 e. The number of benzene rings is 1. The Labute approximate surface area is 148 Å². The van der Waals surface area contributed by atoms with Gasteiger partial charge in [-0.3, -0.25) is 4.79 Å². The van der Waals surface area contributed by atoms with Crippen molar-refractivity contribution in [3.05, 3.63) is 81.1 Å². The number of amides is 1. The Bertz CT molecular complexity index is 748. The molecular formula is C18H15ClFNO2S. The number of furan rings is 1. The molecule has 1 unspecified atom stereocenters. The minimum atomic E-state index is -0.474. The molecule has 0 bridgehead atoms. The number of hydrogen-bond acceptors (Lipinski definition) is 3. The van der Waals surface area contributed by atoms with Gasteiger partial charge >= 0.3 is 0 Å². The molecule has 0 aliphatic heterocycles. The summed E-state index contributed by atoms with van der Waals surface area (Å²) >= 11 is 7.56. The predicted molar refractivity (Wildman–Crippen MR) is 93.0 cm³/mol. The monoisotopic (exact) mass is 363 g/mol. The molecule has 124 valence electrons. The second-order valence-electron chi connectivity index (χ2n) is 5.26. The first kappa shape index (κ1) is 16.7. The average molecular weight is 364 g/mol. The van der Waals surface area contributed by atoms with Crippen molar-refractivity contribution in [2.45, 2.75) is 12.3 Å². The van der Waals surface area contributed by atoms with E-state index in [0.717, 1.165) is 10.6 Å². The number of carbonyl (C=O) groups is 1. The fraction of sp³-hybridized carbons (Fsp3) is 0.167. The third-order valence-corrected chi connectivity index (χ3v) is 5.02. The summed E-state index contributed by atoms with van der Waals surface area (Å²) in [5, 5.41) is 5.08. The van der Waals surface area contributed by atoms with Crippen LogP contribution in [-0.4, -0.2) is 12.5 Å². The Hall–Kier alpha value is -2.11. The number of halogens is 2. The van der Waals surface area contributed by atoms with Crippen LogP contribution in [0.5, 0.6) is 0 Å². The molecule has 2 aromatic heterocycles. The summed E-state index contributed by atoms with van der Waals surface area (Å²) in [6, 6.07) is 12.0. The molecule has 24 heavy (non-hydrogen) atoms. The van der Waals surface area contributed by atoms with E-state index in [1.165, 1.54) is 12.1 Å². The van der Waals surface area contributed by atoms with Crippen molar-refractivity contribution >= 4 is 28.8 Å². The molecule has 1 atom stereocenters. The molecule has 0 radical (unpaired) electrons. The van der Waals surface area contributed by atoms with Crippen molar-refractivity contribution in [3.63, 3.8) is 0 Å². The number of carbonyl (C=O) groups excluding carboxylic acids is 1. The first-order valence-electron chi connectivity index (χ1n) is 7.41. The van der Waals surface area contributed by atoms with Crippen LogP contribution < -0.4 is 5.32 Å². The molecule has 3 rings (SSSR count). The Morgan fingerprint density at radius 1 is 1.25 bits per heavy atom. The van der Waals surface area contributed by atoms with Crippen LogP contribution in [-0.2, 0) is 11.2 Å². The van der Waals surface area contributed by atoms with Crippen molar-refractivity contribution in [2.24, 2.45) is 0 Å². The van der Waals surface area contributed by atoms with Gasteiger partial charge in [0.05, 0.1) is 18.6 Å². The molecule has 2 heterocycles. The zero-order valence-corrected chi connectivity index (χ0v) is 14.2. The number of rotatable bonds is 6. The molecule has 0 saturated carbocycles. The molecule has 3 nitrogen and oxygen atoms in total. The van der Waals surface area contributed by atoms with Gasteiger partial charge < -0.3 is 9.73 Å². The van der Waals surface area contributed by atoms with E-state index in [9.17, 15) is 9.18 Å². The molecule has 0 fully saturated rings. The summed E-state index contributed by atoms with van der Waals surface area (Å²) in [7, 11) is 0. The summed E-state index contributed by atoms with van der Waals surface area (Å²) in [5.74, 6) is -0.0460. The first-order chi connectivity index (χ1) is 11.6. The van der Waals surface area contributed by atoms with Crippen LogP contribution in [0.2, 0.25) is 5.02 Å². The quantitative estimate of drug-likeness (QED) is 0.694. The van der Waals surface area contributed by atoms with Crippen LogP contribution in [0.15, 0.2) is 58.5 Å². The lowest BCUT2D eigenvalue weighted by Crippen LogP contribution is -2.30. The molecule has 0 saturated heterocycles. The molecule has 0 aliphatic carbocycles. The standard InChI is InChI=1S/C18H15ClFNO2S/c19-14-4-1-5-15(20)12(14)10-18(22)21-11-13(16-6-2-8-23-16)17-7-3-9-24-17/h1-9,13H,10-11H2,(H,21,22).